The van der Waals surface area contributed by atoms with Crippen LogP contribution in [0.1, 0.15) is 23.9 Å². The van der Waals surface area contributed by atoms with Crippen molar-refractivity contribution in [3.05, 3.63) is 16.5 Å². The number of hydrogen-bond donors (Lipinski definition) is 1. The number of carboxylic acid groups (broad SMARTS) is 1. The summed E-state index contributed by atoms with van der Waals surface area (Å²) in [6.07, 6.45) is 5.73. The van der Waals surface area contributed by atoms with E-state index in [1.54, 1.807) is 0 Å². The summed E-state index contributed by atoms with van der Waals surface area (Å²) in [5.41, 5.74) is 0. The SMILES string of the molecule is C#CCN(CCC)S(=O)(=O)c1cc(C(=O)O)oc1Br. The molecule has 0 aromatic carbocycles. The number of carbonyl (C=O) groups is 1. The van der Waals surface area contributed by atoms with Crippen molar-refractivity contribution in [2.45, 2.75) is 18.2 Å². The second-order valence-corrected chi connectivity index (χ2v) is 6.22. The average Bonchev–Trinajstić information content (AvgIpc) is 2.72. The lowest BCUT2D eigenvalue weighted by molar-refractivity contribution is 0.0661. The molecule has 1 aromatic rings. The number of carboxylic acids is 1. The van der Waals surface area contributed by atoms with Crippen molar-refractivity contribution >= 4 is 31.9 Å². The summed E-state index contributed by atoms with van der Waals surface area (Å²) in [5.74, 6) is 0.460. The van der Waals surface area contributed by atoms with Crippen LogP contribution in [0.15, 0.2) is 20.0 Å². The van der Waals surface area contributed by atoms with Crippen LogP contribution in [0.4, 0.5) is 0 Å². The minimum absolute atomic E-state index is 0.0871. The first-order valence-corrected chi connectivity index (χ1v) is 7.54. The molecule has 1 N–H and O–H groups in total. The molecular weight excluding hydrogens is 338 g/mol. The highest BCUT2D eigenvalue weighted by Crippen LogP contribution is 2.28. The van der Waals surface area contributed by atoms with Crippen LogP contribution < -0.4 is 0 Å². The average molecular weight is 350 g/mol. The second-order valence-electron chi connectivity index (χ2n) is 3.60. The zero-order valence-corrected chi connectivity index (χ0v) is 12.5. The predicted octanol–water partition coefficient (Wildman–Crippen LogP) is 1.77. The molecule has 0 amide bonds. The third kappa shape index (κ3) is 3.37. The Morgan fingerprint density at radius 2 is 2.26 bits per heavy atom. The van der Waals surface area contributed by atoms with Gasteiger partial charge in [-0.15, -0.1) is 6.42 Å². The Bertz CT molecular complexity index is 614. The molecule has 8 heteroatoms. The third-order valence-corrected chi connectivity index (χ3v) is 4.93. The van der Waals surface area contributed by atoms with Gasteiger partial charge in [0.2, 0.25) is 15.8 Å². The standard InChI is InChI=1S/C11H12BrNO5S/c1-3-5-13(6-4-2)19(16,17)9-7-8(11(14)15)18-10(9)12/h1,7H,4-6H2,2H3,(H,14,15). The van der Waals surface area contributed by atoms with Gasteiger partial charge in [-0.3, -0.25) is 0 Å². The number of terminal acetylenes is 1. The van der Waals surface area contributed by atoms with Crippen molar-refractivity contribution < 1.29 is 22.7 Å². The van der Waals surface area contributed by atoms with E-state index in [0.717, 1.165) is 10.4 Å². The lowest BCUT2D eigenvalue weighted by atomic mass is 10.5. The summed E-state index contributed by atoms with van der Waals surface area (Å²) in [6.45, 7) is 1.97. The molecule has 0 atom stereocenters. The largest absolute Gasteiger partial charge is 0.475 e. The Morgan fingerprint density at radius 1 is 1.63 bits per heavy atom. The van der Waals surface area contributed by atoms with Gasteiger partial charge < -0.3 is 9.52 Å². The van der Waals surface area contributed by atoms with E-state index in [-0.39, 0.29) is 22.7 Å². The van der Waals surface area contributed by atoms with Crippen LogP contribution in [0, 0.1) is 12.3 Å². The fraction of sp³-hybridized carbons (Fsp3) is 0.364. The Kier molecular flexibility index (Phi) is 5.17. The minimum atomic E-state index is -3.88. The maximum Gasteiger partial charge on any atom is 0.371 e. The fourth-order valence-corrected chi connectivity index (χ4v) is 3.76. The topological polar surface area (TPSA) is 87.8 Å². The van der Waals surface area contributed by atoms with Crippen molar-refractivity contribution in [3.63, 3.8) is 0 Å². The smallest absolute Gasteiger partial charge is 0.371 e. The van der Waals surface area contributed by atoms with Gasteiger partial charge in [0.1, 0.15) is 4.90 Å². The fourth-order valence-electron chi connectivity index (χ4n) is 1.41. The normalized spacial score (nSPS) is 11.5. The van der Waals surface area contributed by atoms with E-state index < -0.39 is 21.8 Å². The number of halogens is 1. The van der Waals surface area contributed by atoms with Crippen LogP contribution in [0.5, 0.6) is 0 Å². The summed E-state index contributed by atoms with van der Waals surface area (Å²) >= 11 is 2.90. The molecule has 0 spiro atoms. The van der Waals surface area contributed by atoms with Crippen LogP contribution in [-0.4, -0.2) is 36.9 Å². The monoisotopic (exact) mass is 349 g/mol. The van der Waals surface area contributed by atoms with Crippen LogP contribution >= 0.6 is 15.9 Å². The lowest BCUT2D eigenvalue weighted by Crippen LogP contribution is -2.32. The van der Waals surface area contributed by atoms with E-state index in [0.29, 0.717) is 6.42 Å². The van der Waals surface area contributed by atoms with Crippen molar-refractivity contribution in [2.75, 3.05) is 13.1 Å². The van der Waals surface area contributed by atoms with E-state index >= 15 is 0 Å². The maximum atomic E-state index is 12.3. The van der Waals surface area contributed by atoms with Crippen molar-refractivity contribution in [2.24, 2.45) is 0 Å². The summed E-state index contributed by atoms with van der Waals surface area (Å²) < 4.78 is 30.4. The third-order valence-electron chi connectivity index (χ3n) is 2.22. The van der Waals surface area contributed by atoms with E-state index in [1.807, 2.05) is 6.92 Å². The summed E-state index contributed by atoms with van der Waals surface area (Å²) in [7, 11) is -3.88. The number of furan rings is 1. The minimum Gasteiger partial charge on any atom is -0.475 e. The molecule has 0 aliphatic heterocycles. The molecule has 0 unspecified atom stereocenters. The van der Waals surface area contributed by atoms with Crippen LogP contribution in [0.25, 0.3) is 0 Å². The molecule has 0 radical (unpaired) electrons. The molecular formula is C11H12BrNO5S. The first kappa shape index (κ1) is 15.8. The highest BCUT2D eigenvalue weighted by molar-refractivity contribution is 9.10. The second kappa shape index (κ2) is 6.23. The molecule has 0 aliphatic carbocycles. The molecule has 0 fully saturated rings. The highest BCUT2D eigenvalue weighted by Gasteiger charge is 2.29. The Balaban J connectivity index is 3.25. The molecule has 1 aromatic heterocycles. The molecule has 1 rings (SSSR count). The van der Waals surface area contributed by atoms with Gasteiger partial charge in [0.25, 0.3) is 0 Å². The lowest BCUT2D eigenvalue weighted by Gasteiger charge is -2.18. The van der Waals surface area contributed by atoms with Gasteiger partial charge in [0, 0.05) is 12.6 Å². The molecule has 104 valence electrons. The van der Waals surface area contributed by atoms with Crippen LogP contribution in [0.3, 0.4) is 0 Å². The van der Waals surface area contributed by atoms with Gasteiger partial charge in [0.05, 0.1) is 6.54 Å². The van der Waals surface area contributed by atoms with Gasteiger partial charge in [-0.25, -0.2) is 13.2 Å². The van der Waals surface area contributed by atoms with Gasteiger partial charge in [-0.05, 0) is 22.4 Å². The number of hydrogen-bond acceptors (Lipinski definition) is 4. The summed E-state index contributed by atoms with van der Waals surface area (Å²) in [5, 5.41) is 8.78. The Hall–Kier alpha value is -1.30. The van der Waals surface area contributed by atoms with Crippen LogP contribution in [-0.2, 0) is 10.0 Å². The maximum absolute atomic E-state index is 12.3. The molecule has 0 bridgehead atoms. The van der Waals surface area contributed by atoms with E-state index in [9.17, 15) is 13.2 Å². The van der Waals surface area contributed by atoms with Crippen molar-refractivity contribution in [3.8, 4) is 12.3 Å². The van der Waals surface area contributed by atoms with Crippen molar-refractivity contribution in [1.82, 2.24) is 4.31 Å². The quantitative estimate of drug-likeness (QED) is 0.790. The number of sulfonamides is 1. The molecule has 0 saturated carbocycles. The van der Waals surface area contributed by atoms with Crippen molar-refractivity contribution in [1.29, 1.82) is 0 Å². The predicted molar refractivity (Wildman–Crippen MR) is 71.3 cm³/mol. The molecule has 19 heavy (non-hydrogen) atoms. The van der Waals surface area contributed by atoms with Crippen LogP contribution in [0.2, 0.25) is 0 Å². The number of rotatable bonds is 6. The van der Waals surface area contributed by atoms with E-state index in [2.05, 4.69) is 21.9 Å². The highest BCUT2D eigenvalue weighted by atomic mass is 79.9. The number of nitrogens with zero attached hydrogens (tertiary/aromatic N) is 1. The zero-order valence-electron chi connectivity index (χ0n) is 10.1. The Labute approximate surface area is 119 Å². The molecule has 0 aliphatic rings. The van der Waals surface area contributed by atoms with Gasteiger partial charge >= 0.3 is 5.97 Å². The summed E-state index contributed by atoms with van der Waals surface area (Å²) in [4.78, 5) is 10.5. The zero-order chi connectivity index (χ0) is 14.6. The first-order valence-electron chi connectivity index (χ1n) is 5.30. The molecule has 6 nitrogen and oxygen atoms in total. The van der Waals surface area contributed by atoms with E-state index in [1.165, 1.54) is 0 Å². The van der Waals surface area contributed by atoms with Gasteiger partial charge in [-0.2, -0.15) is 4.31 Å². The van der Waals surface area contributed by atoms with Gasteiger partial charge in [-0.1, -0.05) is 12.8 Å². The van der Waals surface area contributed by atoms with E-state index in [4.69, 9.17) is 15.9 Å². The molecule has 1 heterocycles. The number of aromatic carboxylic acids is 1. The Morgan fingerprint density at radius 3 is 2.68 bits per heavy atom. The summed E-state index contributed by atoms with van der Waals surface area (Å²) in [6, 6.07) is 0.959. The van der Waals surface area contributed by atoms with Gasteiger partial charge in [0.15, 0.2) is 4.67 Å². The molecule has 0 saturated heterocycles. The first-order chi connectivity index (χ1) is 8.84.